The van der Waals surface area contributed by atoms with Crippen molar-refractivity contribution in [3.05, 3.63) is 28.7 Å². The molecule has 0 aromatic carbocycles. The van der Waals surface area contributed by atoms with Crippen LogP contribution in [-0.4, -0.2) is 34.2 Å². The maximum atomic E-state index is 12.3. The fourth-order valence-electron chi connectivity index (χ4n) is 2.61. The Morgan fingerprint density at radius 3 is 2.35 bits per heavy atom. The molecule has 0 unspecified atom stereocenters. The third-order valence-electron chi connectivity index (χ3n) is 4.02. The van der Waals surface area contributed by atoms with E-state index in [-0.39, 0.29) is 6.54 Å². The van der Waals surface area contributed by atoms with Crippen LogP contribution in [0.4, 0.5) is 5.82 Å². The first kappa shape index (κ1) is 17.5. The molecule has 128 valence electrons. The van der Waals surface area contributed by atoms with Crippen molar-refractivity contribution in [1.82, 2.24) is 19.6 Å². The number of nitrogens with zero attached hydrogens (tertiary/aromatic N) is 5. The first-order chi connectivity index (χ1) is 10.6. The normalized spacial score (nSPS) is 11.9. The smallest absolute Gasteiger partial charge is 0.233 e. The third-order valence-corrected chi connectivity index (χ3v) is 5.14. The van der Waals surface area contributed by atoms with Crippen LogP contribution in [-0.2, 0) is 30.2 Å². The van der Waals surface area contributed by atoms with E-state index in [2.05, 4.69) is 17.1 Å². The minimum atomic E-state index is -3.44. The van der Waals surface area contributed by atoms with Crippen molar-refractivity contribution in [1.29, 1.82) is 0 Å². The molecule has 0 radical (unpaired) electrons. The molecule has 0 bridgehead atoms. The highest BCUT2D eigenvalue weighted by atomic mass is 32.2. The van der Waals surface area contributed by atoms with Gasteiger partial charge in [-0.1, -0.05) is 6.92 Å². The van der Waals surface area contributed by atoms with Gasteiger partial charge in [0.15, 0.2) is 5.82 Å². The van der Waals surface area contributed by atoms with Crippen molar-refractivity contribution in [2.45, 2.75) is 47.2 Å². The summed E-state index contributed by atoms with van der Waals surface area (Å²) in [5.41, 5.74) is 3.67. The summed E-state index contributed by atoms with van der Waals surface area (Å²) < 4.78 is 29.6. The minimum absolute atomic E-state index is 0.243. The number of rotatable bonds is 6. The van der Waals surface area contributed by atoms with Crippen LogP contribution < -0.4 is 4.31 Å². The molecule has 7 nitrogen and oxygen atoms in total. The maximum Gasteiger partial charge on any atom is 0.233 e. The summed E-state index contributed by atoms with van der Waals surface area (Å²) in [5.74, 6) is 0.459. The number of hydrogen-bond donors (Lipinski definition) is 0. The fourth-order valence-corrected chi connectivity index (χ4v) is 3.40. The van der Waals surface area contributed by atoms with Crippen molar-refractivity contribution in [3.63, 3.8) is 0 Å². The molecule has 0 aliphatic heterocycles. The molecule has 2 heterocycles. The molecule has 2 aromatic heterocycles. The largest absolute Gasteiger partial charge is 0.272 e. The number of anilines is 1. The SMILES string of the molecule is CCCn1nc(N(Cc2c(C)nn(C)c2C)S(C)(=O)=O)cc1C. The zero-order valence-corrected chi connectivity index (χ0v) is 15.5. The standard InChI is InChI=1S/C15H25N5O2S/c1-7-8-19-11(2)9-15(17-19)20(23(6,21)22)10-14-12(3)16-18(5)13(14)4/h9H,7-8,10H2,1-6H3. The Hall–Kier alpha value is -1.83. The summed E-state index contributed by atoms with van der Waals surface area (Å²) in [4.78, 5) is 0. The number of aryl methyl sites for hydroxylation is 4. The Kier molecular flexibility index (Phi) is 4.84. The summed E-state index contributed by atoms with van der Waals surface area (Å²) in [6.45, 7) is 8.85. The average Bonchev–Trinajstić information content (AvgIpc) is 2.89. The summed E-state index contributed by atoms with van der Waals surface area (Å²) in [7, 11) is -1.58. The van der Waals surface area contributed by atoms with Crippen LogP contribution in [0.1, 0.15) is 36.0 Å². The average molecular weight is 339 g/mol. The lowest BCUT2D eigenvalue weighted by atomic mass is 10.2. The highest BCUT2D eigenvalue weighted by Crippen LogP contribution is 2.23. The van der Waals surface area contributed by atoms with Crippen molar-refractivity contribution in [2.24, 2.45) is 7.05 Å². The van der Waals surface area contributed by atoms with E-state index in [1.807, 2.05) is 38.6 Å². The van der Waals surface area contributed by atoms with Gasteiger partial charge in [0, 0.05) is 36.6 Å². The molecule has 0 aliphatic carbocycles. The first-order valence-corrected chi connectivity index (χ1v) is 9.51. The van der Waals surface area contributed by atoms with E-state index in [4.69, 9.17) is 0 Å². The maximum absolute atomic E-state index is 12.3. The molecule has 0 amide bonds. The van der Waals surface area contributed by atoms with Crippen molar-refractivity contribution < 1.29 is 8.42 Å². The van der Waals surface area contributed by atoms with Gasteiger partial charge in [0.1, 0.15) is 0 Å². The van der Waals surface area contributed by atoms with Crippen LogP contribution in [0.15, 0.2) is 6.07 Å². The van der Waals surface area contributed by atoms with Gasteiger partial charge in [-0.05, 0) is 27.2 Å². The molecule has 0 saturated heterocycles. The number of aromatic nitrogens is 4. The topological polar surface area (TPSA) is 73.0 Å². The van der Waals surface area contributed by atoms with Crippen molar-refractivity contribution in [2.75, 3.05) is 10.6 Å². The molecule has 23 heavy (non-hydrogen) atoms. The first-order valence-electron chi connectivity index (χ1n) is 7.66. The van der Waals surface area contributed by atoms with E-state index in [1.54, 1.807) is 4.68 Å². The van der Waals surface area contributed by atoms with E-state index in [1.165, 1.54) is 10.6 Å². The number of hydrogen-bond acceptors (Lipinski definition) is 4. The fraction of sp³-hybridized carbons (Fsp3) is 0.600. The van der Waals surface area contributed by atoms with Crippen LogP contribution in [0.25, 0.3) is 0 Å². The van der Waals surface area contributed by atoms with Gasteiger partial charge in [-0.15, -0.1) is 0 Å². The van der Waals surface area contributed by atoms with Crippen molar-refractivity contribution >= 4 is 15.8 Å². The van der Waals surface area contributed by atoms with Crippen LogP contribution in [0, 0.1) is 20.8 Å². The molecule has 0 atom stereocenters. The molecule has 2 aromatic rings. The quantitative estimate of drug-likeness (QED) is 0.806. The van der Waals surface area contributed by atoms with Gasteiger partial charge in [-0.25, -0.2) is 12.7 Å². The predicted octanol–water partition coefficient (Wildman–Crippen LogP) is 1.92. The zero-order valence-electron chi connectivity index (χ0n) is 14.7. The predicted molar refractivity (Wildman–Crippen MR) is 91.0 cm³/mol. The van der Waals surface area contributed by atoms with Crippen LogP contribution in [0.2, 0.25) is 0 Å². The lowest BCUT2D eigenvalue weighted by Crippen LogP contribution is -2.30. The molecule has 0 saturated carbocycles. The molecule has 8 heteroatoms. The lowest BCUT2D eigenvalue weighted by molar-refractivity contribution is 0.581. The third kappa shape index (κ3) is 3.57. The summed E-state index contributed by atoms with van der Waals surface area (Å²) in [6, 6.07) is 1.82. The molecular weight excluding hydrogens is 314 g/mol. The Morgan fingerprint density at radius 1 is 1.22 bits per heavy atom. The zero-order chi connectivity index (χ0) is 17.4. The second-order valence-electron chi connectivity index (χ2n) is 5.91. The van der Waals surface area contributed by atoms with Gasteiger partial charge in [-0.2, -0.15) is 10.2 Å². The molecule has 0 fully saturated rings. The van der Waals surface area contributed by atoms with Gasteiger partial charge in [0.2, 0.25) is 10.0 Å². The Morgan fingerprint density at radius 2 is 1.87 bits per heavy atom. The molecule has 0 spiro atoms. The molecular formula is C15H25N5O2S. The molecule has 0 aliphatic rings. The van der Waals surface area contributed by atoms with Gasteiger partial charge < -0.3 is 0 Å². The second-order valence-corrected chi connectivity index (χ2v) is 7.82. The highest BCUT2D eigenvalue weighted by molar-refractivity contribution is 7.92. The van der Waals surface area contributed by atoms with E-state index < -0.39 is 10.0 Å². The Bertz CT molecular complexity index is 804. The molecule has 2 rings (SSSR count). The van der Waals surface area contributed by atoms with E-state index >= 15 is 0 Å². The number of sulfonamides is 1. The summed E-state index contributed by atoms with van der Waals surface area (Å²) in [5, 5.41) is 8.83. The van der Waals surface area contributed by atoms with Crippen LogP contribution in [0.5, 0.6) is 0 Å². The van der Waals surface area contributed by atoms with E-state index in [9.17, 15) is 8.42 Å². The van der Waals surface area contributed by atoms with Crippen LogP contribution in [0.3, 0.4) is 0 Å². The minimum Gasteiger partial charge on any atom is -0.272 e. The highest BCUT2D eigenvalue weighted by Gasteiger charge is 2.24. The second kappa shape index (κ2) is 6.35. The van der Waals surface area contributed by atoms with E-state index in [0.717, 1.165) is 35.6 Å². The van der Waals surface area contributed by atoms with Gasteiger partial charge in [-0.3, -0.25) is 9.36 Å². The van der Waals surface area contributed by atoms with Crippen molar-refractivity contribution in [3.8, 4) is 0 Å². The van der Waals surface area contributed by atoms with E-state index in [0.29, 0.717) is 5.82 Å². The van der Waals surface area contributed by atoms with Gasteiger partial charge in [0.05, 0.1) is 18.5 Å². The van der Waals surface area contributed by atoms with Crippen LogP contribution >= 0.6 is 0 Å². The summed E-state index contributed by atoms with van der Waals surface area (Å²) >= 11 is 0. The van der Waals surface area contributed by atoms with Gasteiger partial charge in [0.25, 0.3) is 0 Å². The summed E-state index contributed by atoms with van der Waals surface area (Å²) in [6.07, 6.45) is 2.16. The monoisotopic (exact) mass is 339 g/mol. The van der Waals surface area contributed by atoms with Gasteiger partial charge >= 0.3 is 0 Å². The lowest BCUT2D eigenvalue weighted by Gasteiger charge is -2.20. The Balaban J connectivity index is 2.45. The Labute approximate surface area is 138 Å². The molecule has 0 N–H and O–H groups in total.